The van der Waals surface area contributed by atoms with Crippen LogP contribution in [0.5, 0.6) is 0 Å². The molecule has 6 heteroatoms. The van der Waals surface area contributed by atoms with Crippen LogP contribution >= 0.6 is 0 Å². The fourth-order valence-electron chi connectivity index (χ4n) is 1.70. The van der Waals surface area contributed by atoms with Gasteiger partial charge in [-0.25, -0.2) is 0 Å². The molecule has 19 heavy (non-hydrogen) atoms. The molecule has 1 amide bonds. The predicted octanol–water partition coefficient (Wildman–Crippen LogP) is 2.40. The summed E-state index contributed by atoms with van der Waals surface area (Å²) in [5.41, 5.74) is 5.22. The van der Waals surface area contributed by atoms with Crippen molar-refractivity contribution in [3.8, 4) is 0 Å². The molecule has 1 aromatic rings. The largest absolute Gasteiger partial charge is 0.416 e. The van der Waals surface area contributed by atoms with E-state index < -0.39 is 17.8 Å². The second kappa shape index (κ2) is 6.06. The van der Waals surface area contributed by atoms with Crippen molar-refractivity contribution in [1.29, 1.82) is 0 Å². The molecule has 0 saturated heterocycles. The number of nitrogens with zero attached hydrogens (tertiary/aromatic N) is 1. The summed E-state index contributed by atoms with van der Waals surface area (Å²) in [6, 6.07) is 4.30. The number of carbonyl (C=O) groups excluding carboxylic acids is 1. The predicted molar refractivity (Wildman–Crippen MR) is 66.2 cm³/mol. The van der Waals surface area contributed by atoms with Crippen molar-refractivity contribution in [2.45, 2.75) is 32.6 Å². The summed E-state index contributed by atoms with van der Waals surface area (Å²) >= 11 is 0. The minimum Gasteiger partial charge on any atom is -0.337 e. The Bertz CT molecular complexity index is 444. The lowest BCUT2D eigenvalue weighted by Crippen LogP contribution is -2.41. The lowest BCUT2D eigenvalue weighted by molar-refractivity contribution is -0.137. The van der Waals surface area contributed by atoms with Gasteiger partial charge in [-0.15, -0.1) is 0 Å². The Morgan fingerprint density at radius 3 is 2.53 bits per heavy atom. The van der Waals surface area contributed by atoms with E-state index in [1.54, 1.807) is 19.9 Å². The Labute approximate surface area is 110 Å². The molecular formula is C13H17F3N2O. The Morgan fingerprint density at radius 2 is 2.05 bits per heavy atom. The van der Waals surface area contributed by atoms with Crippen molar-refractivity contribution < 1.29 is 18.0 Å². The van der Waals surface area contributed by atoms with Gasteiger partial charge < -0.3 is 10.6 Å². The Morgan fingerprint density at radius 1 is 1.42 bits per heavy atom. The minimum absolute atomic E-state index is 0.126. The van der Waals surface area contributed by atoms with E-state index in [0.717, 1.165) is 12.1 Å². The number of hydrogen-bond acceptors (Lipinski definition) is 2. The first-order chi connectivity index (χ1) is 8.75. The lowest BCUT2D eigenvalue weighted by Gasteiger charge is -2.23. The highest BCUT2D eigenvalue weighted by Crippen LogP contribution is 2.29. The molecule has 1 unspecified atom stereocenters. The van der Waals surface area contributed by atoms with Gasteiger partial charge in [0.2, 0.25) is 5.91 Å². The number of carbonyl (C=O) groups is 1. The second-order valence-electron chi connectivity index (χ2n) is 4.34. The molecule has 0 aliphatic rings. The normalized spacial score (nSPS) is 13.2. The van der Waals surface area contributed by atoms with E-state index in [1.165, 1.54) is 11.0 Å². The van der Waals surface area contributed by atoms with Crippen molar-refractivity contribution in [1.82, 2.24) is 4.90 Å². The molecule has 106 valence electrons. The van der Waals surface area contributed by atoms with Crippen LogP contribution < -0.4 is 5.73 Å². The first-order valence-corrected chi connectivity index (χ1v) is 5.96. The number of rotatable bonds is 4. The van der Waals surface area contributed by atoms with Gasteiger partial charge in [0, 0.05) is 13.1 Å². The maximum absolute atomic E-state index is 12.6. The van der Waals surface area contributed by atoms with Crippen molar-refractivity contribution in [2.24, 2.45) is 5.73 Å². The molecule has 0 aromatic heterocycles. The molecular weight excluding hydrogens is 257 g/mol. The first-order valence-electron chi connectivity index (χ1n) is 5.96. The van der Waals surface area contributed by atoms with E-state index in [-0.39, 0.29) is 12.5 Å². The Kier molecular flexibility index (Phi) is 4.94. The van der Waals surface area contributed by atoms with Gasteiger partial charge in [-0.2, -0.15) is 13.2 Å². The summed E-state index contributed by atoms with van der Waals surface area (Å²) in [5, 5.41) is 0. The average Bonchev–Trinajstić information content (AvgIpc) is 2.34. The molecule has 1 aromatic carbocycles. The number of hydrogen-bond donors (Lipinski definition) is 1. The highest BCUT2D eigenvalue weighted by molar-refractivity contribution is 5.81. The Hall–Kier alpha value is -1.56. The van der Waals surface area contributed by atoms with Crippen LogP contribution in [-0.2, 0) is 17.5 Å². The number of benzene rings is 1. The van der Waals surface area contributed by atoms with E-state index in [0.29, 0.717) is 12.1 Å². The van der Waals surface area contributed by atoms with E-state index >= 15 is 0 Å². The molecule has 1 rings (SSSR count). The smallest absolute Gasteiger partial charge is 0.337 e. The van der Waals surface area contributed by atoms with Crippen molar-refractivity contribution in [3.63, 3.8) is 0 Å². The number of alkyl halides is 3. The number of likely N-dealkylation sites (N-methyl/N-ethyl adjacent to an activating group) is 1. The van der Waals surface area contributed by atoms with Gasteiger partial charge in [0.15, 0.2) is 0 Å². The third-order valence-corrected chi connectivity index (χ3v) is 2.71. The van der Waals surface area contributed by atoms with Gasteiger partial charge in [-0.1, -0.05) is 12.1 Å². The zero-order chi connectivity index (χ0) is 14.6. The molecule has 2 N–H and O–H groups in total. The SMILES string of the molecule is CCN(Cc1cccc(C(F)(F)F)c1)C(=O)C(C)N. The topological polar surface area (TPSA) is 46.3 Å². The van der Waals surface area contributed by atoms with Gasteiger partial charge in [-0.05, 0) is 31.5 Å². The lowest BCUT2D eigenvalue weighted by atomic mass is 10.1. The maximum atomic E-state index is 12.6. The standard InChI is InChI=1S/C13H17F3N2O/c1-3-18(12(19)9(2)17)8-10-5-4-6-11(7-10)13(14,15)16/h4-7,9H,3,8,17H2,1-2H3. The van der Waals surface area contributed by atoms with Crippen molar-refractivity contribution in [3.05, 3.63) is 35.4 Å². The van der Waals surface area contributed by atoms with Crippen LogP contribution in [0.2, 0.25) is 0 Å². The van der Waals surface area contributed by atoms with Crippen LogP contribution in [-0.4, -0.2) is 23.4 Å². The third-order valence-electron chi connectivity index (χ3n) is 2.71. The summed E-state index contributed by atoms with van der Waals surface area (Å²) in [6.07, 6.45) is -4.38. The zero-order valence-electron chi connectivity index (χ0n) is 10.9. The second-order valence-corrected chi connectivity index (χ2v) is 4.34. The van der Waals surface area contributed by atoms with Crippen molar-refractivity contribution >= 4 is 5.91 Å². The molecule has 0 spiro atoms. The average molecular weight is 274 g/mol. The molecule has 0 saturated carbocycles. The van der Waals surface area contributed by atoms with Crippen LogP contribution in [0, 0.1) is 0 Å². The van der Waals surface area contributed by atoms with E-state index in [2.05, 4.69) is 0 Å². The quantitative estimate of drug-likeness (QED) is 0.916. The van der Waals surface area contributed by atoms with Gasteiger partial charge >= 0.3 is 6.18 Å². The number of amides is 1. The van der Waals surface area contributed by atoms with E-state index in [1.807, 2.05) is 0 Å². The fourth-order valence-corrected chi connectivity index (χ4v) is 1.70. The number of nitrogens with two attached hydrogens (primary N) is 1. The Balaban J connectivity index is 2.90. The summed E-state index contributed by atoms with van der Waals surface area (Å²) in [5.74, 6) is -0.278. The third kappa shape index (κ3) is 4.24. The minimum atomic E-state index is -4.38. The highest BCUT2D eigenvalue weighted by Gasteiger charge is 2.30. The summed E-state index contributed by atoms with van der Waals surface area (Å²) < 4.78 is 37.7. The van der Waals surface area contributed by atoms with E-state index in [4.69, 9.17) is 5.73 Å². The van der Waals surface area contributed by atoms with Crippen LogP contribution in [0.4, 0.5) is 13.2 Å². The van der Waals surface area contributed by atoms with Gasteiger partial charge in [0.05, 0.1) is 11.6 Å². The summed E-state index contributed by atoms with van der Waals surface area (Å²) in [6.45, 7) is 3.84. The van der Waals surface area contributed by atoms with Crippen LogP contribution in [0.25, 0.3) is 0 Å². The van der Waals surface area contributed by atoms with Gasteiger partial charge in [0.25, 0.3) is 0 Å². The van der Waals surface area contributed by atoms with Gasteiger partial charge in [-0.3, -0.25) is 4.79 Å². The fraction of sp³-hybridized carbons (Fsp3) is 0.462. The molecule has 1 atom stereocenters. The molecule has 0 aliphatic heterocycles. The van der Waals surface area contributed by atoms with Crippen LogP contribution in [0.3, 0.4) is 0 Å². The van der Waals surface area contributed by atoms with Crippen LogP contribution in [0.15, 0.2) is 24.3 Å². The summed E-state index contributed by atoms with van der Waals surface area (Å²) in [7, 11) is 0. The van der Waals surface area contributed by atoms with Crippen LogP contribution in [0.1, 0.15) is 25.0 Å². The maximum Gasteiger partial charge on any atom is 0.416 e. The molecule has 0 radical (unpaired) electrons. The van der Waals surface area contributed by atoms with Gasteiger partial charge in [0.1, 0.15) is 0 Å². The van der Waals surface area contributed by atoms with E-state index in [9.17, 15) is 18.0 Å². The molecule has 0 fully saturated rings. The molecule has 0 heterocycles. The highest BCUT2D eigenvalue weighted by atomic mass is 19.4. The summed E-state index contributed by atoms with van der Waals surface area (Å²) in [4.78, 5) is 13.2. The zero-order valence-corrected chi connectivity index (χ0v) is 10.9. The monoisotopic (exact) mass is 274 g/mol. The number of halogens is 3. The first kappa shape index (κ1) is 15.5. The molecule has 0 bridgehead atoms. The molecule has 3 nitrogen and oxygen atoms in total. The molecule has 0 aliphatic carbocycles. The van der Waals surface area contributed by atoms with Crippen molar-refractivity contribution in [2.75, 3.05) is 6.54 Å².